The van der Waals surface area contributed by atoms with E-state index < -0.39 is 29.2 Å². The third-order valence-electron chi connectivity index (χ3n) is 4.88. The fourth-order valence-electron chi connectivity index (χ4n) is 3.32. The number of alkyl halides is 3. The molecule has 1 saturated heterocycles. The van der Waals surface area contributed by atoms with Crippen LogP contribution in [0.1, 0.15) is 40.2 Å². The van der Waals surface area contributed by atoms with Crippen LogP contribution < -0.4 is 5.73 Å². The smallest absolute Gasteiger partial charge is 0.365 e. The standard InChI is InChI=1S/C19H19F4N3O/c1-26-6-4-11(5-7-26)12-8-13(10-14(9-12)19(21,22)23)16-3-2-15(18(24)27)17(20)25-16/h2-3,8-11H,4-7H2,1H3,(H2,24,27). The third kappa shape index (κ3) is 4.27. The van der Waals surface area contributed by atoms with Crippen molar-refractivity contribution in [3.05, 3.63) is 53.0 Å². The van der Waals surface area contributed by atoms with Crippen LogP contribution in [0.5, 0.6) is 0 Å². The zero-order valence-electron chi connectivity index (χ0n) is 14.7. The van der Waals surface area contributed by atoms with Crippen LogP contribution in [-0.2, 0) is 6.18 Å². The normalized spacial score (nSPS) is 16.5. The number of hydrogen-bond donors (Lipinski definition) is 1. The highest BCUT2D eigenvalue weighted by Crippen LogP contribution is 2.37. The first-order chi connectivity index (χ1) is 12.6. The maximum atomic E-state index is 14.0. The highest BCUT2D eigenvalue weighted by atomic mass is 19.4. The van der Waals surface area contributed by atoms with Gasteiger partial charge in [0, 0.05) is 5.56 Å². The molecule has 2 N–H and O–H groups in total. The van der Waals surface area contributed by atoms with Gasteiger partial charge in [-0.05, 0) is 74.8 Å². The number of nitrogens with two attached hydrogens (primary N) is 1. The lowest BCUT2D eigenvalue weighted by molar-refractivity contribution is -0.137. The second-order valence-corrected chi connectivity index (χ2v) is 6.82. The Morgan fingerprint density at radius 2 is 1.85 bits per heavy atom. The Hall–Kier alpha value is -2.48. The van der Waals surface area contributed by atoms with Gasteiger partial charge in [0.2, 0.25) is 5.95 Å². The number of nitrogens with zero attached hydrogens (tertiary/aromatic N) is 2. The Labute approximate surface area is 154 Å². The van der Waals surface area contributed by atoms with Crippen molar-refractivity contribution in [3.63, 3.8) is 0 Å². The molecule has 4 nitrogen and oxygen atoms in total. The largest absolute Gasteiger partial charge is 0.416 e. The minimum Gasteiger partial charge on any atom is -0.365 e. The molecule has 2 heterocycles. The van der Waals surface area contributed by atoms with Crippen LogP contribution in [0.4, 0.5) is 17.6 Å². The Bertz CT molecular complexity index is 859. The Morgan fingerprint density at radius 3 is 2.41 bits per heavy atom. The highest BCUT2D eigenvalue weighted by Gasteiger charge is 2.32. The molecule has 0 radical (unpaired) electrons. The lowest BCUT2D eigenvalue weighted by atomic mass is 9.87. The predicted molar refractivity (Wildman–Crippen MR) is 92.6 cm³/mol. The summed E-state index contributed by atoms with van der Waals surface area (Å²) in [5, 5.41) is 0. The Morgan fingerprint density at radius 1 is 1.19 bits per heavy atom. The summed E-state index contributed by atoms with van der Waals surface area (Å²) in [5.41, 5.74) is 4.60. The molecule has 2 aromatic rings. The molecule has 1 aliphatic rings. The maximum absolute atomic E-state index is 14.0. The van der Waals surface area contributed by atoms with Gasteiger partial charge in [-0.1, -0.05) is 0 Å². The number of pyridine rings is 1. The highest BCUT2D eigenvalue weighted by molar-refractivity contribution is 5.93. The second kappa shape index (κ2) is 7.26. The molecule has 0 spiro atoms. The van der Waals surface area contributed by atoms with Gasteiger partial charge in [0.25, 0.3) is 5.91 Å². The summed E-state index contributed by atoms with van der Waals surface area (Å²) in [5.74, 6) is -2.09. The molecule has 0 aliphatic carbocycles. The molecule has 0 unspecified atom stereocenters. The molecule has 1 fully saturated rings. The number of carbonyl (C=O) groups excluding carboxylic acids is 1. The van der Waals surface area contributed by atoms with Crippen LogP contribution in [0.25, 0.3) is 11.3 Å². The molecule has 0 saturated carbocycles. The third-order valence-corrected chi connectivity index (χ3v) is 4.88. The van der Waals surface area contributed by atoms with Crippen molar-refractivity contribution in [1.29, 1.82) is 0 Å². The maximum Gasteiger partial charge on any atom is 0.416 e. The van der Waals surface area contributed by atoms with E-state index in [9.17, 15) is 22.4 Å². The van der Waals surface area contributed by atoms with E-state index >= 15 is 0 Å². The van der Waals surface area contributed by atoms with Gasteiger partial charge >= 0.3 is 6.18 Å². The molecule has 0 bridgehead atoms. The SMILES string of the molecule is CN1CCC(c2cc(-c3ccc(C(N)=O)c(F)n3)cc(C(F)(F)F)c2)CC1. The number of hydrogen-bond acceptors (Lipinski definition) is 3. The van der Waals surface area contributed by atoms with Crippen LogP contribution >= 0.6 is 0 Å². The number of piperidine rings is 1. The van der Waals surface area contributed by atoms with Crippen LogP contribution in [0, 0.1) is 5.95 Å². The van der Waals surface area contributed by atoms with Crippen molar-refractivity contribution >= 4 is 5.91 Å². The number of rotatable bonds is 3. The molecule has 3 rings (SSSR count). The van der Waals surface area contributed by atoms with Gasteiger partial charge in [0.05, 0.1) is 16.8 Å². The summed E-state index contributed by atoms with van der Waals surface area (Å²) in [6.45, 7) is 1.60. The number of amides is 1. The summed E-state index contributed by atoms with van der Waals surface area (Å²) >= 11 is 0. The number of primary amides is 1. The monoisotopic (exact) mass is 381 g/mol. The fraction of sp³-hybridized carbons (Fsp3) is 0.368. The van der Waals surface area contributed by atoms with E-state index in [1.54, 1.807) is 6.07 Å². The predicted octanol–water partition coefficient (Wildman–Crippen LogP) is 3.81. The van der Waals surface area contributed by atoms with Gasteiger partial charge in [-0.3, -0.25) is 4.79 Å². The molecule has 27 heavy (non-hydrogen) atoms. The molecular weight excluding hydrogens is 362 g/mol. The lowest BCUT2D eigenvalue weighted by Gasteiger charge is -2.29. The minimum atomic E-state index is -4.53. The second-order valence-electron chi connectivity index (χ2n) is 6.82. The van der Waals surface area contributed by atoms with Crippen LogP contribution in [0.15, 0.2) is 30.3 Å². The van der Waals surface area contributed by atoms with Crippen molar-refractivity contribution in [2.75, 3.05) is 20.1 Å². The first kappa shape index (κ1) is 19.3. The number of likely N-dealkylation sites (tertiary alicyclic amines) is 1. The number of aromatic nitrogens is 1. The zero-order chi connectivity index (χ0) is 19.8. The van der Waals surface area contributed by atoms with Gasteiger partial charge in [-0.2, -0.15) is 17.6 Å². The van der Waals surface area contributed by atoms with E-state index in [-0.39, 0.29) is 17.2 Å². The van der Waals surface area contributed by atoms with Gasteiger partial charge in [0.15, 0.2) is 0 Å². The zero-order valence-corrected chi connectivity index (χ0v) is 14.7. The number of benzene rings is 1. The number of halogens is 4. The Kier molecular flexibility index (Phi) is 5.19. The summed E-state index contributed by atoms with van der Waals surface area (Å²) in [6, 6.07) is 6.17. The van der Waals surface area contributed by atoms with E-state index in [0.717, 1.165) is 44.1 Å². The van der Waals surface area contributed by atoms with Crippen LogP contribution in [0.2, 0.25) is 0 Å². The van der Waals surface area contributed by atoms with E-state index in [2.05, 4.69) is 9.88 Å². The van der Waals surface area contributed by atoms with Gasteiger partial charge in [0.1, 0.15) is 0 Å². The minimum absolute atomic E-state index is 0.00279. The van der Waals surface area contributed by atoms with Crippen molar-refractivity contribution in [3.8, 4) is 11.3 Å². The van der Waals surface area contributed by atoms with Gasteiger partial charge in [-0.15, -0.1) is 0 Å². The summed E-state index contributed by atoms with van der Waals surface area (Å²) in [7, 11) is 1.97. The molecule has 1 aliphatic heterocycles. The summed E-state index contributed by atoms with van der Waals surface area (Å²) < 4.78 is 54.1. The molecule has 1 aromatic heterocycles. The van der Waals surface area contributed by atoms with E-state index in [1.165, 1.54) is 6.07 Å². The van der Waals surface area contributed by atoms with Crippen molar-refractivity contribution in [2.24, 2.45) is 5.73 Å². The fourth-order valence-corrected chi connectivity index (χ4v) is 3.32. The molecule has 144 valence electrons. The quantitative estimate of drug-likeness (QED) is 0.650. The number of carbonyl (C=O) groups is 1. The molecule has 0 atom stereocenters. The molecule has 1 aromatic carbocycles. The van der Waals surface area contributed by atoms with Crippen LogP contribution in [-0.4, -0.2) is 35.9 Å². The van der Waals surface area contributed by atoms with Crippen molar-refractivity contribution < 1.29 is 22.4 Å². The average molecular weight is 381 g/mol. The van der Waals surface area contributed by atoms with E-state index in [1.807, 2.05) is 7.05 Å². The summed E-state index contributed by atoms with van der Waals surface area (Å²) in [6.07, 6.45) is -3.03. The van der Waals surface area contributed by atoms with Gasteiger partial charge < -0.3 is 10.6 Å². The Balaban J connectivity index is 2.05. The first-order valence-corrected chi connectivity index (χ1v) is 8.52. The average Bonchev–Trinajstić information content (AvgIpc) is 2.60. The summed E-state index contributed by atoms with van der Waals surface area (Å²) in [4.78, 5) is 16.9. The molecule has 1 amide bonds. The van der Waals surface area contributed by atoms with Gasteiger partial charge in [-0.25, -0.2) is 4.98 Å². The van der Waals surface area contributed by atoms with E-state index in [4.69, 9.17) is 5.73 Å². The van der Waals surface area contributed by atoms with E-state index in [0.29, 0.717) is 5.56 Å². The first-order valence-electron chi connectivity index (χ1n) is 8.52. The topological polar surface area (TPSA) is 59.2 Å². The molecular formula is C19H19F4N3O. The van der Waals surface area contributed by atoms with Crippen LogP contribution in [0.3, 0.4) is 0 Å². The van der Waals surface area contributed by atoms with Crippen molar-refractivity contribution in [2.45, 2.75) is 24.9 Å². The van der Waals surface area contributed by atoms with Crippen molar-refractivity contribution in [1.82, 2.24) is 9.88 Å². The lowest BCUT2D eigenvalue weighted by Crippen LogP contribution is -2.29. The molecule has 8 heteroatoms.